The predicted molar refractivity (Wildman–Crippen MR) is 84.6 cm³/mol. The summed E-state index contributed by atoms with van der Waals surface area (Å²) in [5.41, 5.74) is 1.05. The highest BCUT2D eigenvalue weighted by Crippen LogP contribution is 2.36. The smallest absolute Gasteiger partial charge is 0.271 e. The van der Waals surface area contributed by atoms with Gasteiger partial charge in [-0.15, -0.1) is 0 Å². The first-order valence-electron chi connectivity index (χ1n) is 7.78. The Labute approximate surface area is 132 Å². The highest BCUT2D eigenvalue weighted by molar-refractivity contribution is 5.98. The van der Waals surface area contributed by atoms with Gasteiger partial charge < -0.3 is 14.3 Å². The van der Waals surface area contributed by atoms with Crippen molar-refractivity contribution in [2.75, 3.05) is 0 Å². The van der Waals surface area contributed by atoms with Gasteiger partial charge in [0.25, 0.3) is 5.91 Å². The Hall–Kier alpha value is -2.56. The van der Waals surface area contributed by atoms with Gasteiger partial charge >= 0.3 is 0 Å². The lowest BCUT2D eigenvalue weighted by Gasteiger charge is -2.27. The minimum Gasteiger partial charge on any atom is -0.467 e. The highest BCUT2D eigenvalue weighted by Gasteiger charge is 2.38. The first-order chi connectivity index (χ1) is 11.1. The largest absolute Gasteiger partial charge is 0.467 e. The molecule has 4 nitrogen and oxygen atoms in total. The van der Waals surface area contributed by atoms with Crippen LogP contribution in [0.5, 0.6) is 0 Å². The van der Waals surface area contributed by atoms with Crippen LogP contribution in [0.15, 0.2) is 47.1 Å². The Morgan fingerprint density at radius 1 is 1.35 bits per heavy atom. The Morgan fingerprint density at radius 2 is 2.17 bits per heavy atom. The number of furan rings is 1. The highest BCUT2D eigenvalue weighted by atomic mass is 19.1. The SMILES string of the molecule is C[C@H](c1ccco1)N(C(=O)c1cc2c(F)cccc2[nH]1)C1CC1. The zero-order valence-corrected chi connectivity index (χ0v) is 12.8. The monoisotopic (exact) mass is 312 g/mol. The molecule has 0 spiro atoms. The van der Waals surface area contributed by atoms with Crippen LogP contribution in [0.2, 0.25) is 0 Å². The Balaban J connectivity index is 1.70. The van der Waals surface area contributed by atoms with E-state index in [1.165, 1.54) is 6.07 Å². The Bertz CT molecular complexity index is 849. The molecule has 1 atom stereocenters. The van der Waals surface area contributed by atoms with Crippen LogP contribution in [-0.2, 0) is 0 Å². The molecule has 5 heteroatoms. The van der Waals surface area contributed by atoms with Crippen LogP contribution in [0, 0.1) is 5.82 Å². The van der Waals surface area contributed by atoms with Crippen LogP contribution < -0.4 is 0 Å². The molecule has 1 N–H and O–H groups in total. The van der Waals surface area contributed by atoms with Gasteiger partial charge in [-0.05, 0) is 50.1 Å². The third kappa shape index (κ3) is 2.42. The average molecular weight is 312 g/mol. The zero-order chi connectivity index (χ0) is 16.0. The van der Waals surface area contributed by atoms with Gasteiger partial charge in [-0.25, -0.2) is 4.39 Å². The summed E-state index contributed by atoms with van der Waals surface area (Å²) in [6, 6.07) is 10.2. The van der Waals surface area contributed by atoms with E-state index < -0.39 is 0 Å². The van der Waals surface area contributed by atoms with Gasteiger partial charge in [-0.1, -0.05) is 6.07 Å². The molecule has 1 aromatic carbocycles. The number of nitrogens with one attached hydrogen (secondary N) is 1. The molecule has 1 aliphatic carbocycles. The van der Waals surface area contributed by atoms with E-state index >= 15 is 0 Å². The molecule has 1 saturated carbocycles. The van der Waals surface area contributed by atoms with E-state index in [0.717, 1.165) is 18.6 Å². The molecule has 118 valence electrons. The molecular formula is C18H17FN2O2. The third-order valence-electron chi connectivity index (χ3n) is 4.39. The number of rotatable bonds is 4. The second-order valence-electron chi connectivity index (χ2n) is 6.02. The molecule has 1 amide bonds. The summed E-state index contributed by atoms with van der Waals surface area (Å²) in [5.74, 6) is 0.314. The summed E-state index contributed by atoms with van der Waals surface area (Å²) in [6.45, 7) is 1.96. The minimum absolute atomic E-state index is 0.119. The summed E-state index contributed by atoms with van der Waals surface area (Å²) in [4.78, 5) is 17.8. The van der Waals surface area contributed by atoms with E-state index in [-0.39, 0.29) is 23.8 Å². The summed E-state index contributed by atoms with van der Waals surface area (Å²) in [5, 5.41) is 0.442. The van der Waals surface area contributed by atoms with E-state index in [2.05, 4.69) is 4.98 Å². The normalized spacial score (nSPS) is 15.7. The van der Waals surface area contributed by atoms with Gasteiger partial charge in [0.2, 0.25) is 0 Å². The van der Waals surface area contributed by atoms with Crippen LogP contribution in [0.25, 0.3) is 10.9 Å². The van der Waals surface area contributed by atoms with E-state index in [1.54, 1.807) is 24.5 Å². The lowest BCUT2D eigenvalue weighted by Crippen LogP contribution is -2.35. The lowest BCUT2D eigenvalue weighted by atomic mass is 10.2. The molecule has 0 aliphatic heterocycles. The zero-order valence-electron chi connectivity index (χ0n) is 12.8. The standard InChI is InChI=1S/C18H17FN2O2/c1-11(17-6-3-9-23-17)21(12-7-8-12)18(22)16-10-13-14(19)4-2-5-15(13)20-16/h2-6,9-12,20H,7-8H2,1H3/t11-/m1/s1. The summed E-state index contributed by atoms with van der Waals surface area (Å²) < 4.78 is 19.3. The van der Waals surface area contributed by atoms with E-state index in [1.807, 2.05) is 24.0 Å². The molecule has 0 saturated heterocycles. The number of halogens is 1. The molecule has 0 unspecified atom stereocenters. The van der Waals surface area contributed by atoms with Gasteiger partial charge in [0.15, 0.2) is 0 Å². The minimum atomic E-state index is -0.324. The van der Waals surface area contributed by atoms with Crippen molar-refractivity contribution in [1.82, 2.24) is 9.88 Å². The fraction of sp³-hybridized carbons (Fsp3) is 0.278. The number of H-pyrrole nitrogens is 1. The fourth-order valence-electron chi connectivity index (χ4n) is 3.05. The second-order valence-corrected chi connectivity index (χ2v) is 6.02. The van der Waals surface area contributed by atoms with E-state index in [9.17, 15) is 9.18 Å². The first-order valence-corrected chi connectivity index (χ1v) is 7.78. The number of aromatic amines is 1. The predicted octanol–water partition coefficient (Wildman–Crippen LogP) is 4.27. The maximum absolute atomic E-state index is 13.9. The van der Waals surface area contributed by atoms with Gasteiger partial charge in [0, 0.05) is 16.9 Å². The van der Waals surface area contributed by atoms with E-state index in [4.69, 9.17) is 4.42 Å². The number of nitrogens with zero attached hydrogens (tertiary/aromatic N) is 1. The topological polar surface area (TPSA) is 49.2 Å². The molecular weight excluding hydrogens is 295 g/mol. The number of aromatic nitrogens is 1. The van der Waals surface area contributed by atoms with Crippen LogP contribution in [0.3, 0.4) is 0 Å². The first kappa shape index (κ1) is 14.1. The average Bonchev–Trinajstić information content (AvgIpc) is 3.06. The third-order valence-corrected chi connectivity index (χ3v) is 4.39. The molecule has 2 heterocycles. The molecule has 2 aromatic heterocycles. The maximum atomic E-state index is 13.9. The molecule has 23 heavy (non-hydrogen) atoms. The summed E-state index contributed by atoms with van der Waals surface area (Å²) in [7, 11) is 0. The lowest BCUT2D eigenvalue weighted by molar-refractivity contribution is 0.0647. The van der Waals surface area contributed by atoms with Crippen molar-refractivity contribution in [3.8, 4) is 0 Å². The van der Waals surface area contributed by atoms with Crippen LogP contribution >= 0.6 is 0 Å². The number of carbonyl (C=O) groups excluding carboxylic acids is 1. The second kappa shape index (κ2) is 5.26. The number of carbonyl (C=O) groups is 1. The molecule has 1 aliphatic rings. The molecule has 0 bridgehead atoms. The summed E-state index contributed by atoms with van der Waals surface area (Å²) in [6.07, 6.45) is 3.59. The number of hydrogen-bond acceptors (Lipinski definition) is 2. The van der Waals surface area contributed by atoms with Crippen molar-refractivity contribution < 1.29 is 13.6 Å². The van der Waals surface area contributed by atoms with Crippen molar-refractivity contribution in [3.63, 3.8) is 0 Å². The molecule has 1 fully saturated rings. The van der Waals surface area contributed by atoms with Crippen LogP contribution in [0.1, 0.15) is 42.1 Å². The molecule has 0 radical (unpaired) electrons. The van der Waals surface area contributed by atoms with Gasteiger partial charge in [0.05, 0.1) is 12.3 Å². The van der Waals surface area contributed by atoms with Crippen molar-refractivity contribution in [2.24, 2.45) is 0 Å². The number of fused-ring (bicyclic) bond motifs is 1. The quantitative estimate of drug-likeness (QED) is 0.782. The number of benzene rings is 1. The summed E-state index contributed by atoms with van der Waals surface area (Å²) >= 11 is 0. The van der Waals surface area contributed by atoms with Crippen molar-refractivity contribution in [2.45, 2.75) is 31.8 Å². The fourth-order valence-corrected chi connectivity index (χ4v) is 3.05. The Kier molecular flexibility index (Phi) is 3.22. The van der Waals surface area contributed by atoms with Crippen molar-refractivity contribution in [3.05, 3.63) is 59.9 Å². The number of amides is 1. The van der Waals surface area contributed by atoms with E-state index in [0.29, 0.717) is 16.6 Å². The van der Waals surface area contributed by atoms with Crippen molar-refractivity contribution in [1.29, 1.82) is 0 Å². The van der Waals surface area contributed by atoms with Crippen molar-refractivity contribution >= 4 is 16.8 Å². The maximum Gasteiger partial charge on any atom is 0.271 e. The van der Waals surface area contributed by atoms with Crippen LogP contribution in [-0.4, -0.2) is 21.8 Å². The van der Waals surface area contributed by atoms with Gasteiger partial charge in [0.1, 0.15) is 17.3 Å². The van der Waals surface area contributed by atoms with Gasteiger partial charge in [-0.3, -0.25) is 4.79 Å². The van der Waals surface area contributed by atoms with Gasteiger partial charge in [-0.2, -0.15) is 0 Å². The van der Waals surface area contributed by atoms with Crippen LogP contribution in [0.4, 0.5) is 4.39 Å². The Morgan fingerprint density at radius 3 is 2.83 bits per heavy atom. The molecule has 4 rings (SSSR count). The number of hydrogen-bond donors (Lipinski definition) is 1. The molecule has 3 aromatic rings.